The molecule has 144 valence electrons. The van der Waals surface area contributed by atoms with E-state index in [1.54, 1.807) is 15.8 Å². The molecule has 1 aliphatic heterocycles. The monoisotopic (exact) mass is 376 g/mol. The van der Waals surface area contributed by atoms with Gasteiger partial charge in [-0.2, -0.15) is 0 Å². The molecule has 6 heteroatoms. The van der Waals surface area contributed by atoms with Gasteiger partial charge in [0, 0.05) is 19.6 Å². The van der Waals surface area contributed by atoms with Crippen molar-refractivity contribution in [1.82, 2.24) is 19.9 Å². The standard InChI is InChI=1S/C22H24N4O2/c27-21(20-17-26(24-23-20)14-11-18-7-3-1-4-8-18)25-15-12-22(28,13-16-25)19-9-5-2-6-10-19/h1-10,17,28H,11-16H2. The van der Waals surface area contributed by atoms with Gasteiger partial charge in [-0.3, -0.25) is 9.48 Å². The molecule has 1 fully saturated rings. The number of aliphatic hydroxyl groups is 1. The van der Waals surface area contributed by atoms with Crippen LogP contribution >= 0.6 is 0 Å². The van der Waals surface area contributed by atoms with Crippen LogP contribution in [0.15, 0.2) is 66.9 Å². The number of carbonyl (C=O) groups excluding carboxylic acids is 1. The van der Waals surface area contributed by atoms with Crippen LogP contribution in [0.3, 0.4) is 0 Å². The third-order valence-electron chi connectivity index (χ3n) is 5.42. The van der Waals surface area contributed by atoms with Gasteiger partial charge in [-0.05, 0) is 30.4 Å². The Morgan fingerprint density at radius 1 is 1.00 bits per heavy atom. The van der Waals surface area contributed by atoms with Crippen molar-refractivity contribution in [3.05, 3.63) is 83.7 Å². The molecule has 6 nitrogen and oxygen atoms in total. The lowest BCUT2D eigenvalue weighted by Crippen LogP contribution is -2.45. The fourth-order valence-corrected chi connectivity index (χ4v) is 3.67. The summed E-state index contributed by atoms with van der Waals surface area (Å²) < 4.78 is 1.71. The normalized spacial score (nSPS) is 16.1. The average Bonchev–Trinajstić information content (AvgIpc) is 3.23. The number of benzene rings is 2. The predicted molar refractivity (Wildman–Crippen MR) is 106 cm³/mol. The summed E-state index contributed by atoms with van der Waals surface area (Å²) in [6.07, 6.45) is 3.59. The van der Waals surface area contributed by atoms with Gasteiger partial charge in [0.1, 0.15) is 0 Å². The summed E-state index contributed by atoms with van der Waals surface area (Å²) in [7, 11) is 0. The Kier molecular flexibility index (Phi) is 5.21. The molecular formula is C22H24N4O2. The van der Waals surface area contributed by atoms with Crippen molar-refractivity contribution >= 4 is 5.91 Å². The van der Waals surface area contributed by atoms with E-state index in [1.807, 2.05) is 48.5 Å². The molecule has 1 aromatic heterocycles. The second-order valence-corrected chi connectivity index (χ2v) is 7.29. The molecule has 1 aliphatic rings. The number of amides is 1. The minimum absolute atomic E-state index is 0.124. The highest BCUT2D eigenvalue weighted by Crippen LogP contribution is 2.32. The number of likely N-dealkylation sites (tertiary alicyclic amines) is 1. The van der Waals surface area contributed by atoms with E-state index in [1.165, 1.54) is 5.56 Å². The second-order valence-electron chi connectivity index (χ2n) is 7.29. The van der Waals surface area contributed by atoms with E-state index in [0.29, 0.717) is 38.2 Å². The van der Waals surface area contributed by atoms with Gasteiger partial charge < -0.3 is 10.0 Å². The summed E-state index contributed by atoms with van der Waals surface area (Å²) in [4.78, 5) is 14.5. The number of aryl methyl sites for hydroxylation is 2. The van der Waals surface area contributed by atoms with Crippen molar-refractivity contribution in [2.24, 2.45) is 0 Å². The van der Waals surface area contributed by atoms with E-state index < -0.39 is 5.60 Å². The molecule has 1 N–H and O–H groups in total. The minimum Gasteiger partial charge on any atom is -0.385 e. The Morgan fingerprint density at radius 3 is 2.32 bits per heavy atom. The Bertz CT molecular complexity index is 916. The van der Waals surface area contributed by atoms with Crippen LogP contribution in [-0.4, -0.2) is 44.0 Å². The Hall–Kier alpha value is -2.99. The average molecular weight is 376 g/mol. The molecule has 2 aromatic carbocycles. The third-order valence-corrected chi connectivity index (χ3v) is 5.42. The van der Waals surface area contributed by atoms with Gasteiger partial charge in [-0.15, -0.1) is 5.10 Å². The van der Waals surface area contributed by atoms with Crippen molar-refractivity contribution in [3.8, 4) is 0 Å². The van der Waals surface area contributed by atoms with Crippen LogP contribution in [-0.2, 0) is 18.6 Å². The van der Waals surface area contributed by atoms with Gasteiger partial charge >= 0.3 is 0 Å². The number of carbonyl (C=O) groups is 1. The SMILES string of the molecule is O=C(c1cn(CCc2ccccc2)nn1)N1CCC(O)(c2ccccc2)CC1. The lowest BCUT2D eigenvalue weighted by atomic mass is 9.84. The van der Waals surface area contributed by atoms with Crippen molar-refractivity contribution in [1.29, 1.82) is 0 Å². The predicted octanol–water partition coefficient (Wildman–Crippen LogP) is 2.64. The quantitative estimate of drug-likeness (QED) is 0.743. The van der Waals surface area contributed by atoms with Gasteiger partial charge in [0.05, 0.1) is 11.8 Å². The second kappa shape index (κ2) is 7.94. The van der Waals surface area contributed by atoms with Crippen LogP contribution < -0.4 is 0 Å². The van der Waals surface area contributed by atoms with E-state index in [9.17, 15) is 9.90 Å². The van der Waals surface area contributed by atoms with Crippen LogP contribution in [0.25, 0.3) is 0 Å². The molecule has 0 saturated carbocycles. The van der Waals surface area contributed by atoms with Crippen LogP contribution in [0.4, 0.5) is 0 Å². The van der Waals surface area contributed by atoms with Crippen molar-refractivity contribution in [2.45, 2.75) is 31.4 Å². The molecule has 3 aromatic rings. The molecule has 0 bridgehead atoms. The van der Waals surface area contributed by atoms with Gasteiger partial charge in [-0.1, -0.05) is 65.9 Å². The summed E-state index contributed by atoms with van der Waals surface area (Å²) >= 11 is 0. The zero-order valence-electron chi connectivity index (χ0n) is 15.7. The third kappa shape index (κ3) is 3.97. The highest BCUT2D eigenvalue weighted by atomic mass is 16.3. The summed E-state index contributed by atoms with van der Waals surface area (Å²) in [5, 5.41) is 19.1. The van der Waals surface area contributed by atoms with E-state index in [2.05, 4.69) is 22.4 Å². The van der Waals surface area contributed by atoms with E-state index in [4.69, 9.17) is 0 Å². The molecule has 0 radical (unpaired) electrons. The first-order chi connectivity index (χ1) is 13.6. The highest BCUT2D eigenvalue weighted by molar-refractivity contribution is 5.92. The first kappa shape index (κ1) is 18.4. The Balaban J connectivity index is 1.35. The Labute approximate surface area is 164 Å². The Morgan fingerprint density at radius 2 is 1.64 bits per heavy atom. The maximum atomic E-state index is 12.8. The van der Waals surface area contributed by atoms with Crippen molar-refractivity contribution in [2.75, 3.05) is 13.1 Å². The topological polar surface area (TPSA) is 71.2 Å². The number of aromatic nitrogens is 3. The molecular weight excluding hydrogens is 352 g/mol. The fraction of sp³-hybridized carbons (Fsp3) is 0.318. The minimum atomic E-state index is -0.870. The first-order valence-corrected chi connectivity index (χ1v) is 9.65. The van der Waals surface area contributed by atoms with Gasteiger partial charge in [0.2, 0.25) is 0 Å². The molecule has 0 aliphatic carbocycles. The molecule has 4 rings (SSSR count). The van der Waals surface area contributed by atoms with E-state index in [-0.39, 0.29) is 5.91 Å². The zero-order chi connectivity index (χ0) is 19.4. The van der Waals surface area contributed by atoms with E-state index in [0.717, 1.165) is 12.0 Å². The van der Waals surface area contributed by atoms with Gasteiger partial charge in [0.25, 0.3) is 5.91 Å². The van der Waals surface area contributed by atoms with Gasteiger partial charge in [-0.25, -0.2) is 0 Å². The van der Waals surface area contributed by atoms with Gasteiger partial charge in [0.15, 0.2) is 5.69 Å². The molecule has 1 saturated heterocycles. The molecule has 0 spiro atoms. The van der Waals surface area contributed by atoms with Crippen LogP contribution in [0.2, 0.25) is 0 Å². The lowest BCUT2D eigenvalue weighted by molar-refractivity contribution is -0.0212. The molecule has 2 heterocycles. The van der Waals surface area contributed by atoms with Crippen molar-refractivity contribution < 1.29 is 9.90 Å². The molecule has 0 atom stereocenters. The van der Waals surface area contributed by atoms with Crippen LogP contribution in [0.1, 0.15) is 34.5 Å². The maximum Gasteiger partial charge on any atom is 0.276 e. The summed E-state index contributed by atoms with van der Waals surface area (Å²) in [5.74, 6) is -0.124. The van der Waals surface area contributed by atoms with E-state index >= 15 is 0 Å². The smallest absolute Gasteiger partial charge is 0.276 e. The number of hydrogen-bond donors (Lipinski definition) is 1. The highest BCUT2D eigenvalue weighted by Gasteiger charge is 2.36. The van der Waals surface area contributed by atoms with Crippen LogP contribution in [0, 0.1) is 0 Å². The fourth-order valence-electron chi connectivity index (χ4n) is 3.67. The largest absolute Gasteiger partial charge is 0.385 e. The molecule has 0 unspecified atom stereocenters. The number of rotatable bonds is 5. The van der Waals surface area contributed by atoms with Crippen LogP contribution in [0.5, 0.6) is 0 Å². The summed E-state index contributed by atoms with van der Waals surface area (Å²) in [6.45, 7) is 1.68. The lowest BCUT2D eigenvalue weighted by Gasteiger charge is -2.38. The number of nitrogens with zero attached hydrogens (tertiary/aromatic N) is 4. The maximum absolute atomic E-state index is 12.8. The molecule has 1 amide bonds. The van der Waals surface area contributed by atoms with Crippen molar-refractivity contribution in [3.63, 3.8) is 0 Å². The zero-order valence-corrected chi connectivity index (χ0v) is 15.7. The summed E-state index contributed by atoms with van der Waals surface area (Å²) in [6, 6.07) is 19.8. The first-order valence-electron chi connectivity index (χ1n) is 9.65. The summed E-state index contributed by atoms with van der Waals surface area (Å²) in [5.41, 5.74) is 1.62. The number of piperidine rings is 1. The molecule has 28 heavy (non-hydrogen) atoms. The number of hydrogen-bond acceptors (Lipinski definition) is 4.